The maximum atomic E-state index is 11.9. The lowest BCUT2D eigenvalue weighted by Gasteiger charge is -2.38. The van der Waals surface area contributed by atoms with E-state index < -0.39 is 0 Å². The fraction of sp³-hybridized carbons (Fsp3) is 0.769. The lowest BCUT2D eigenvalue weighted by Crippen LogP contribution is -2.52. The van der Waals surface area contributed by atoms with Crippen molar-refractivity contribution in [2.75, 3.05) is 26.8 Å². The van der Waals surface area contributed by atoms with E-state index in [9.17, 15) is 4.79 Å². The minimum atomic E-state index is -0.0432. The number of rotatable bonds is 6. The summed E-state index contributed by atoms with van der Waals surface area (Å²) in [6.07, 6.45) is 0. The van der Waals surface area contributed by atoms with E-state index in [2.05, 4.69) is 30.6 Å². The highest BCUT2D eigenvalue weighted by atomic mass is 16.5. The van der Waals surface area contributed by atoms with E-state index in [1.54, 1.807) is 0 Å². The normalized spacial score (nSPS) is 18.0. The third kappa shape index (κ3) is 3.82. The Morgan fingerprint density at radius 1 is 1.47 bits per heavy atom. The summed E-state index contributed by atoms with van der Waals surface area (Å²) in [5.41, 5.74) is 0.625. The maximum absolute atomic E-state index is 11.9. The molecule has 0 unspecified atom stereocenters. The van der Waals surface area contributed by atoms with Crippen LogP contribution in [0.4, 0.5) is 0 Å². The van der Waals surface area contributed by atoms with Gasteiger partial charge in [0.05, 0.1) is 19.3 Å². The zero-order chi connectivity index (χ0) is 13.0. The maximum Gasteiger partial charge on any atom is 0.248 e. The van der Waals surface area contributed by atoms with E-state index in [-0.39, 0.29) is 11.9 Å². The van der Waals surface area contributed by atoms with Crippen LogP contribution in [-0.2, 0) is 9.53 Å². The van der Waals surface area contributed by atoms with Gasteiger partial charge in [0.1, 0.15) is 0 Å². The summed E-state index contributed by atoms with van der Waals surface area (Å²) >= 11 is 0. The van der Waals surface area contributed by atoms with Crippen molar-refractivity contribution in [1.29, 1.82) is 0 Å². The first kappa shape index (κ1) is 14.2. The summed E-state index contributed by atoms with van der Waals surface area (Å²) in [5, 5.41) is 2.90. The Morgan fingerprint density at radius 2 is 2.06 bits per heavy atom. The second-order valence-electron chi connectivity index (χ2n) is 5.16. The summed E-state index contributed by atoms with van der Waals surface area (Å²) in [5.74, 6) is 0.415. The van der Waals surface area contributed by atoms with Crippen molar-refractivity contribution in [2.45, 2.75) is 32.9 Å². The molecule has 1 atom stereocenters. The minimum absolute atomic E-state index is 0.0432. The number of likely N-dealkylation sites (N-methyl/N-ethyl adjacent to an activating group) is 1. The van der Waals surface area contributed by atoms with E-state index in [0.29, 0.717) is 24.1 Å². The van der Waals surface area contributed by atoms with Gasteiger partial charge in [0.25, 0.3) is 0 Å². The molecule has 1 saturated heterocycles. The van der Waals surface area contributed by atoms with Crippen LogP contribution in [0, 0.1) is 5.92 Å². The van der Waals surface area contributed by atoms with Crippen molar-refractivity contribution < 1.29 is 9.53 Å². The molecule has 0 bridgehead atoms. The Morgan fingerprint density at radius 3 is 2.47 bits per heavy atom. The quantitative estimate of drug-likeness (QED) is 0.705. The Kier molecular flexibility index (Phi) is 5.15. The molecule has 17 heavy (non-hydrogen) atoms. The fourth-order valence-electron chi connectivity index (χ4n) is 1.62. The summed E-state index contributed by atoms with van der Waals surface area (Å²) in [6.45, 7) is 12.3. The lowest BCUT2D eigenvalue weighted by atomic mass is 10.1. The summed E-state index contributed by atoms with van der Waals surface area (Å²) in [6, 6.07) is 0.468. The van der Waals surface area contributed by atoms with Crippen LogP contribution < -0.4 is 5.32 Å². The second-order valence-corrected chi connectivity index (χ2v) is 5.16. The highest BCUT2D eigenvalue weighted by Crippen LogP contribution is 2.15. The minimum Gasteiger partial charge on any atom is -0.378 e. The Bertz CT molecular complexity index is 285. The smallest absolute Gasteiger partial charge is 0.248 e. The van der Waals surface area contributed by atoms with Crippen molar-refractivity contribution in [3.8, 4) is 0 Å². The molecule has 0 aromatic heterocycles. The van der Waals surface area contributed by atoms with Gasteiger partial charge in [0.2, 0.25) is 5.91 Å². The monoisotopic (exact) mass is 240 g/mol. The summed E-state index contributed by atoms with van der Waals surface area (Å²) in [4.78, 5) is 14.0. The van der Waals surface area contributed by atoms with Crippen LogP contribution in [0.15, 0.2) is 12.2 Å². The number of carbonyl (C=O) groups excluding carboxylic acids is 1. The molecule has 0 aromatic carbocycles. The molecule has 1 N–H and O–H groups in total. The number of ether oxygens (including phenoxy) is 1. The van der Waals surface area contributed by atoms with Crippen molar-refractivity contribution in [2.24, 2.45) is 5.92 Å². The van der Waals surface area contributed by atoms with Crippen LogP contribution >= 0.6 is 0 Å². The molecule has 0 radical (unpaired) electrons. The van der Waals surface area contributed by atoms with Crippen LogP contribution in [0.2, 0.25) is 0 Å². The molecule has 1 aliphatic rings. The lowest BCUT2D eigenvalue weighted by molar-refractivity contribution is -0.119. The Labute approximate surface area is 104 Å². The summed E-state index contributed by atoms with van der Waals surface area (Å²) < 4.78 is 5.15. The highest BCUT2D eigenvalue weighted by molar-refractivity contribution is 5.93. The summed E-state index contributed by atoms with van der Waals surface area (Å²) in [7, 11) is 2.01. The molecule has 0 aliphatic carbocycles. The predicted octanol–water partition coefficient (Wildman–Crippen LogP) is 1.03. The fourth-order valence-corrected chi connectivity index (χ4v) is 1.62. The molecule has 1 heterocycles. The molecule has 1 amide bonds. The van der Waals surface area contributed by atoms with Gasteiger partial charge in [-0.3, -0.25) is 9.69 Å². The number of amides is 1. The van der Waals surface area contributed by atoms with Crippen LogP contribution in [-0.4, -0.2) is 49.7 Å². The molecule has 4 nitrogen and oxygen atoms in total. The number of carbonyl (C=O) groups is 1. The van der Waals surface area contributed by atoms with E-state index in [4.69, 9.17) is 4.74 Å². The largest absolute Gasteiger partial charge is 0.378 e. The van der Waals surface area contributed by atoms with Crippen molar-refractivity contribution in [1.82, 2.24) is 10.2 Å². The molecular formula is C13H24N2O2. The van der Waals surface area contributed by atoms with Gasteiger partial charge in [-0.25, -0.2) is 0 Å². The van der Waals surface area contributed by atoms with Crippen LogP contribution in [0.5, 0.6) is 0 Å². The van der Waals surface area contributed by atoms with Gasteiger partial charge in [-0.2, -0.15) is 0 Å². The van der Waals surface area contributed by atoms with Gasteiger partial charge >= 0.3 is 0 Å². The van der Waals surface area contributed by atoms with Crippen LogP contribution in [0.3, 0.4) is 0 Å². The zero-order valence-electron chi connectivity index (χ0n) is 11.3. The third-order valence-electron chi connectivity index (χ3n) is 3.27. The Balaban J connectivity index is 2.41. The predicted molar refractivity (Wildman–Crippen MR) is 68.8 cm³/mol. The zero-order valence-corrected chi connectivity index (χ0v) is 11.3. The van der Waals surface area contributed by atoms with E-state index in [1.807, 2.05) is 14.0 Å². The van der Waals surface area contributed by atoms with Crippen LogP contribution in [0.1, 0.15) is 20.8 Å². The van der Waals surface area contributed by atoms with Crippen LogP contribution in [0.25, 0.3) is 0 Å². The van der Waals surface area contributed by atoms with E-state index in [1.165, 1.54) is 0 Å². The number of hydrogen-bond donors (Lipinski definition) is 1. The van der Waals surface area contributed by atoms with Crippen molar-refractivity contribution >= 4 is 5.91 Å². The molecule has 0 spiro atoms. The standard InChI is InChI=1S/C13H24N2O2/c1-9(2)6-14-13(16)10(3)11(4)15(5)12-7-17-8-12/h9,11-12H,3,6-8H2,1-2,4-5H3,(H,14,16)/t11-/m1/s1. The first-order valence-corrected chi connectivity index (χ1v) is 6.20. The van der Waals surface area contributed by atoms with Crippen molar-refractivity contribution in [3.05, 3.63) is 12.2 Å². The third-order valence-corrected chi connectivity index (χ3v) is 3.27. The SMILES string of the molecule is C=C(C(=O)NCC(C)C)[C@@H](C)N(C)C1COC1. The number of nitrogens with one attached hydrogen (secondary N) is 1. The van der Waals surface area contributed by atoms with E-state index in [0.717, 1.165) is 13.2 Å². The first-order chi connectivity index (χ1) is 7.93. The molecular weight excluding hydrogens is 216 g/mol. The van der Waals surface area contributed by atoms with Gasteiger partial charge in [0.15, 0.2) is 0 Å². The molecule has 4 heteroatoms. The first-order valence-electron chi connectivity index (χ1n) is 6.20. The number of nitrogens with zero attached hydrogens (tertiary/aromatic N) is 1. The molecule has 1 rings (SSSR count). The second kappa shape index (κ2) is 6.17. The topological polar surface area (TPSA) is 41.6 Å². The molecule has 98 valence electrons. The molecule has 1 fully saturated rings. The van der Waals surface area contributed by atoms with Crippen molar-refractivity contribution in [3.63, 3.8) is 0 Å². The molecule has 1 aliphatic heterocycles. The molecule has 0 aromatic rings. The van der Waals surface area contributed by atoms with Gasteiger partial charge < -0.3 is 10.1 Å². The average molecular weight is 240 g/mol. The van der Waals surface area contributed by atoms with Gasteiger partial charge in [0, 0.05) is 18.2 Å². The van der Waals surface area contributed by atoms with Gasteiger partial charge in [-0.15, -0.1) is 0 Å². The highest BCUT2D eigenvalue weighted by Gasteiger charge is 2.29. The average Bonchev–Trinajstić information content (AvgIpc) is 2.21. The van der Waals surface area contributed by atoms with Gasteiger partial charge in [-0.1, -0.05) is 20.4 Å². The molecule has 0 saturated carbocycles. The van der Waals surface area contributed by atoms with E-state index >= 15 is 0 Å². The Hall–Kier alpha value is -0.870. The number of hydrogen-bond acceptors (Lipinski definition) is 3. The van der Waals surface area contributed by atoms with Gasteiger partial charge in [-0.05, 0) is 19.9 Å².